The van der Waals surface area contributed by atoms with Gasteiger partial charge in [0.05, 0.1) is 18.4 Å². The van der Waals surface area contributed by atoms with Crippen molar-refractivity contribution in [3.63, 3.8) is 0 Å². The summed E-state index contributed by atoms with van der Waals surface area (Å²) in [6.45, 7) is 2.12. The van der Waals surface area contributed by atoms with Gasteiger partial charge in [-0.2, -0.15) is 5.10 Å². The van der Waals surface area contributed by atoms with E-state index in [1.807, 2.05) is 65.6 Å². The van der Waals surface area contributed by atoms with E-state index in [-0.39, 0.29) is 5.91 Å². The molecule has 2 aromatic carbocycles. The van der Waals surface area contributed by atoms with Crippen LogP contribution in [0.5, 0.6) is 0 Å². The lowest BCUT2D eigenvalue weighted by molar-refractivity contribution is 0.102. The molecule has 0 saturated carbocycles. The largest absolute Gasteiger partial charge is 0.399 e. The number of thiazole rings is 1. The maximum absolute atomic E-state index is 13.0. The first-order valence-electron chi connectivity index (χ1n) is 12.2. The number of carbonyl (C=O) groups excluding carboxylic acids is 1. The third kappa shape index (κ3) is 5.48. The van der Waals surface area contributed by atoms with E-state index in [0.29, 0.717) is 29.8 Å². The fraction of sp³-hybridized carbons (Fsp3) is 0.296. The molecule has 0 spiro atoms. The molecule has 1 atom stereocenters. The summed E-state index contributed by atoms with van der Waals surface area (Å²) in [4.78, 5) is 21.3. The van der Waals surface area contributed by atoms with Gasteiger partial charge in [0, 0.05) is 47.0 Å². The molecule has 36 heavy (non-hydrogen) atoms. The number of anilines is 2. The van der Waals surface area contributed by atoms with E-state index in [4.69, 9.17) is 16.5 Å². The quantitative estimate of drug-likeness (QED) is 0.318. The lowest BCUT2D eigenvalue weighted by Gasteiger charge is -2.30. The van der Waals surface area contributed by atoms with Gasteiger partial charge in [-0.25, -0.2) is 4.98 Å². The molecule has 2 aromatic heterocycles. The maximum Gasteiger partial charge on any atom is 0.257 e. The molecule has 0 saturated heterocycles. The minimum atomic E-state index is -0.150. The van der Waals surface area contributed by atoms with Gasteiger partial charge >= 0.3 is 0 Å². The third-order valence-corrected chi connectivity index (χ3v) is 7.69. The van der Waals surface area contributed by atoms with Crippen molar-refractivity contribution in [2.45, 2.75) is 31.8 Å². The van der Waals surface area contributed by atoms with Crippen LogP contribution < -0.4 is 16.8 Å². The summed E-state index contributed by atoms with van der Waals surface area (Å²) in [5.74, 6) is -0.150. The molecule has 1 amide bonds. The summed E-state index contributed by atoms with van der Waals surface area (Å²) in [7, 11) is 2.13. The first-order chi connectivity index (χ1) is 17.5. The van der Waals surface area contributed by atoms with Crippen LogP contribution in [0.25, 0.3) is 11.1 Å². The second-order valence-corrected chi connectivity index (χ2v) is 10.3. The van der Waals surface area contributed by atoms with E-state index < -0.39 is 0 Å². The topological polar surface area (TPSA) is 115 Å². The number of nitrogens with zero attached hydrogens (tertiary/aromatic N) is 4. The van der Waals surface area contributed by atoms with Gasteiger partial charge in [-0.05, 0) is 61.7 Å². The summed E-state index contributed by atoms with van der Waals surface area (Å²) >= 11 is 1.58. The van der Waals surface area contributed by atoms with Gasteiger partial charge in [0.15, 0.2) is 5.13 Å². The molecule has 0 bridgehead atoms. The van der Waals surface area contributed by atoms with Gasteiger partial charge in [0.1, 0.15) is 0 Å². The molecule has 0 unspecified atom stereocenters. The van der Waals surface area contributed by atoms with Crippen molar-refractivity contribution in [3.8, 4) is 11.1 Å². The smallest absolute Gasteiger partial charge is 0.257 e. The van der Waals surface area contributed by atoms with Crippen LogP contribution in [0.4, 0.5) is 10.8 Å². The number of amides is 1. The molecule has 8 nitrogen and oxygen atoms in total. The average Bonchev–Trinajstić information content (AvgIpc) is 3.51. The predicted octanol–water partition coefficient (Wildman–Crippen LogP) is 3.64. The lowest BCUT2D eigenvalue weighted by Crippen LogP contribution is -2.38. The SMILES string of the molecule is CN(CCN)[C@H]1CCc2nc(NC(=O)c3cccc(Cn4cc(-c5ccc(N)cc5)cn4)c3)sc2C1. The van der Waals surface area contributed by atoms with Crippen molar-refractivity contribution in [3.05, 3.63) is 82.6 Å². The van der Waals surface area contributed by atoms with Crippen LogP contribution in [0.1, 0.15) is 32.9 Å². The molecular formula is C27H31N7OS. The highest BCUT2D eigenvalue weighted by Crippen LogP contribution is 2.31. The van der Waals surface area contributed by atoms with Crippen LogP contribution in [0, 0.1) is 0 Å². The molecule has 4 aromatic rings. The minimum Gasteiger partial charge on any atom is -0.399 e. The van der Waals surface area contributed by atoms with E-state index in [0.717, 1.165) is 53.9 Å². The fourth-order valence-electron chi connectivity index (χ4n) is 4.62. The highest BCUT2D eigenvalue weighted by Gasteiger charge is 2.25. The summed E-state index contributed by atoms with van der Waals surface area (Å²) in [5.41, 5.74) is 17.0. The molecule has 1 aliphatic carbocycles. The van der Waals surface area contributed by atoms with E-state index in [9.17, 15) is 4.79 Å². The summed E-state index contributed by atoms with van der Waals surface area (Å²) in [5, 5.41) is 8.16. The molecular weight excluding hydrogens is 470 g/mol. The molecule has 0 fully saturated rings. The Morgan fingerprint density at radius 2 is 2.06 bits per heavy atom. The molecule has 1 aliphatic rings. The van der Waals surface area contributed by atoms with Crippen molar-refractivity contribution in [2.24, 2.45) is 5.73 Å². The number of nitrogens with one attached hydrogen (secondary N) is 1. The number of hydrogen-bond acceptors (Lipinski definition) is 7. The highest BCUT2D eigenvalue weighted by atomic mass is 32.1. The van der Waals surface area contributed by atoms with Crippen LogP contribution in [-0.2, 0) is 19.4 Å². The number of hydrogen-bond donors (Lipinski definition) is 3. The Morgan fingerprint density at radius 1 is 1.22 bits per heavy atom. The first kappa shape index (κ1) is 24.2. The molecule has 0 aliphatic heterocycles. The van der Waals surface area contributed by atoms with Gasteiger partial charge in [0.25, 0.3) is 5.91 Å². The van der Waals surface area contributed by atoms with Gasteiger partial charge in [-0.3, -0.25) is 14.8 Å². The Bertz CT molecular complexity index is 1340. The Labute approximate surface area is 214 Å². The molecule has 0 radical (unpaired) electrons. The Hall–Kier alpha value is -3.53. The first-order valence-corrected chi connectivity index (χ1v) is 13.0. The fourth-order valence-corrected chi connectivity index (χ4v) is 5.69. The molecule has 2 heterocycles. The monoisotopic (exact) mass is 501 g/mol. The van der Waals surface area contributed by atoms with E-state index in [2.05, 4.69) is 22.4 Å². The van der Waals surface area contributed by atoms with Crippen LogP contribution >= 0.6 is 11.3 Å². The Balaban J connectivity index is 1.23. The standard InChI is InChI=1S/C27H31N7OS/c1-33(12-11-28)23-9-10-24-25(14-23)36-27(31-24)32-26(35)20-4-2-3-18(13-20)16-34-17-21(15-30-34)19-5-7-22(29)8-6-19/h2-8,13,15,17,23H,9-12,14,16,28-29H2,1H3,(H,31,32,35)/t23-/m0/s1. The van der Waals surface area contributed by atoms with Gasteiger partial charge < -0.3 is 16.4 Å². The minimum absolute atomic E-state index is 0.150. The number of aromatic nitrogens is 3. The van der Waals surface area contributed by atoms with Crippen molar-refractivity contribution >= 4 is 28.1 Å². The van der Waals surface area contributed by atoms with Crippen molar-refractivity contribution < 1.29 is 4.79 Å². The van der Waals surface area contributed by atoms with Crippen LogP contribution in [0.15, 0.2) is 60.9 Å². The zero-order valence-electron chi connectivity index (χ0n) is 20.4. The Morgan fingerprint density at radius 3 is 2.86 bits per heavy atom. The molecule has 186 valence electrons. The molecule has 5 N–H and O–H groups in total. The lowest BCUT2D eigenvalue weighted by atomic mass is 9.96. The number of rotatable bonds is 8. The van der Waals surface area contributed by atoms with E-state index in [1.54, 1.807) is 11.3 Å². The number of nitrogens with two attached hydrogens (primary N) is 2. The Kier molecular flexibility index (Phi) is 7.13. The zero-order chi connectivity index (χ0) is 25.1. The number of nitrogen functional groups attached to an aromatic ring is 1. The van der Waals surface area contributed by atoms with Crippen LogP contribution in [0.3, 0.4) is 0 Å². The van der Waals surface area contributed by atoms with E-state index >= 15 is 0 Å². The molecule has 5 rings (SSSR count). The molecule has 9 heteroatoms. The van der Waals surface area contributed by atoms with Crippen molar-refractivity contribution in [1.29, 1.82) is 0 Å². The van der Waals surface area contributed by atoms with Gasteiger partial charge in [-0.1, -0.05) is 24.3 Å². The maximum atomic E-state index is 13.0. The highest BCUT2D eigenvalue weighted by molar-refractivity contribution is 7.15. The number of aryl methyl sites for hydroxylation is 1. The second kappa shape index (κ2) is 10.6. The van der Waals surface area contributed by atoms with Crippen molar-refractivity contribution in [1.82, 2.24) is 19.7 Å². The number of fused-ring (bicyclic) bond motifs is 1. The summed E-state index contributed by atoms with van der Waals surface area (Å²) in [6.07, 6.45) is 6.79. The van der Waals surface area contributed by atoms with Crippen LogP contribution in [0.2, 0.25) is 0 Å². The number of carbonyl (C=O) groups is 1. The zero-order valence-corrected chi connectivity index (χ0v) is 21.2. The third-order valence-electron chi connectivity index (χ3n) is 6.65. The number of benzene rings is 2. The normalized spacial score (nSPS) is 15.1. The average molecular weight is 502 g/mol. The van der Waals surface area contributed by atoms with E-state index in [1.165, 1.54) is 4.88 Å². The van der Waals surface area contributed by atoms with Gasteiger partial charge in [-0.15, -0.1) is 11.3 Å². The van der Waals surface area contributed by atoms with Crippen molar-refractivity contribution in [2.75, 3.05) is 31.2 Å². The van der Waals surface area contributed by atoms with Gasteiger partial charge in [0.2, 0.25) is 0 Å². The summed E-state index contributed by atoms with van der Waals surface area (Å²) < 4.78 is 1.87. The summed E-state index contributed by atoms with van der Waals surface area (Å²) in [6, 6.07) is 15.8. The second-order valence-electron chi connectivity index (χ2n) is 9.26. The number of likely N-dealkylation sites (N-methyl/N-ethyl adjacent to an activating group) is 1. The predicted molar refractivity (Wildman–Crippen MR) is 145 cm³/mol. The van der Waals surface area contributed by atoms with Crippen LogP contribution in [-0.4, -0.2) is 51.8 Å².